The van der Waals surface area contributed by atoms with E-state index in [1.54, 1.807) is 37.3 Å². The Morgan fingerprint density at radius 2 is 1.89 bits per heavy atom. The fourth-order valence-corrected chi connectivity index (χ4v) is 2.83. The number of aromatic nitrogens is 2. The van der Waals surface area contributed by atoms with Gasteiger partial charge in [-0.3, -0.25) is 0 Å². The highest BCUT2D eigenvalue weighted by atomic mass is 32.2. The van der Waals surface area contributed by atoms with Crippen molar-refractivity contribution >= 4 is 9.84 Å². The van der Waals surface area contributed by atoms with Crippen LogP contribution in [0.25, 0.3) is 0 Å². The highest BCUT2D eigenvalue weighted by Crippen LogP contribution is 2.27. The molecule has 96 valence electrons. The molecule has 1 aromatic heterocycles. The standard InChI is InChI=1S/C12H14N2O3S/c1-3-11-13-14-12(17-11)9(2)18(15,16)10-7-5-4-6-8-10/h4-9H,3H2,1-2H3/t9-/m1/s1. The van der Waals surface area contributed by atoms with Crippen LogP contribution < -0.4 is 0 Å². The van der Waals surface area contributed by atoms with E-state index >= 15 is 0 Å². The van der Waals surface area contributed by atoms with E-state index in [1.807, 2.05) is 6.92 Å². The third kappa shape index (κ3) is 2.28. The van der Waals surface area contributed by atoms with Crippen molar-refractivity contribution in [2.24, 2.45) is 0 Å². The molecule has 6 heteroatoms. The lowest BCUT2D eigenvalue weighted by molar-refractivity contribution is 0.449. The number of benzene rings is 1. The van der Waals surface area contributed by atoms with Crippen molar-refractivity contribution in [3.05, 3.63) is 42.1 Å². The number of sulfone groups is 1. The first-order chi connectivity index (χ1) is 8.55. The number of hydrogen-bond acceptors (Lipinski definition) is 5. The molecule has 5 nitrogen and oxygen atoms in total. The van der Waals surface area contributed by atoms with Crippen molar-refractivity contribution in [2.45, 2.75) is 30.4 Å². The lowest BCUT2D eigenvalue weighted by atomic mass is 10.4. The van der Waals surface area contributed by atoms with Gasteiger partial charge >= 0.3 is 0 Å². The van der Waals surface area contributed by atoms with Crippen LogP contribution in [0.3, 0.4) is 0 Å². The Balaban J connectivity index is 2.36. The summed E-state index contributed by atoms with van der Waals surface area (Å²) in [6.45, 7) is 3.42. The van der Waals surface area contributed by atoms with E-state index in [9.17, 15) is 8.42 Å². The third-order valence-corrected chi connectivity index (χ3v) is 4.73. The van der Waals surface area contributed by atoms with Crippen molar-refractivity contribution in [1.82, 2.24) is 10.2 Å². The van der Waals surface area contributed by atoms with Crippen molar-refractivity contribution in [3.8, 4) is 0 Å². The summed E-state index contributed by atoms with van der Waals surface area (Å²) in [5.74, 6) is 0.579. The van der Waals surface area contributed by atoms with Crippen LogP contribution in [0.2, 0.25) is 0 Å². The summed E-state index contributed by atoms with van der Waals surface area (Å²) >= 11 is 0. The Morgan fingerprint density at radius 3 is 2.44 bits per heavy atom. The van der Waals surface area contributed by atoms with Crippen molar-refractivity contribution in [3.63, 3.8) is 0 Å². The molecule has 0 saturated carbocycles. The van der Waals surface area contributed by atoms with Crippen LogP contribution in [-0.2, 0) is 16.3 Å². The first kappa shape index (κ1) is 12.8. The lowest BCUT2D eigenvalue weighted by Crippen LogP contribution is -2.11. The highest BCUT2D eigenvalue weighted by molar-refractivity contribution is 7.91. The molecule has 0 bridgehead atoms. The summed E-state index contributed by atoms with van der Waals surface area (Å²) in [4.78, 5) is 0.258. The van der Waals surface area contributed by atoms with E-state index in [4.69, 9.17) is 4.42 Å². The maximum atomic E-state index is 12.3. The lowest BCUT2D eigenvalue weighted by Gasteiger charge is -2.08. The number of rotatable bonds is 4. The second kappa shape index (κ2) is 4.89. The number of hydrogen-bond donors (Lipinski definition) is 0. The van der Waals surface area contributed by atoms with Crippen LogP contribution in [0.1, 0.15) is 30.9 Å². The zero-order valence-corrected chi connectivity index (χ0v) is 11.0. The monoisotopic (exact) mass is 266 g/mol. The zero-order valence-electron chi connectivity index (χ0n) is 10.2. The summed E-state index contributed by atoms with van der Waals surface area (Å²) in [6.07, 6.45) is 0.588. The predicted octanol–water partition coefficient (Wildman–Crippen LogP) is 2.17. The molecular formula is C12H14N2O3S. The van der Waals surface area contributed by atoms with E-state index in [1.165, 1.54) is 0 Å². The predicted molar refractivity (Wildman–Crippen MR) is 65.7 cm³/mol. The molecule has 0 N–H and O–H groups in total. The van der Waals surface area contributed by atoms with Gasteiger partial charge in [0.25, 0.3) is 0 Å². The van der Waals surface area contributed by atoms with Gasteiger partial charge in [0.15, 0.2) is 9.84 Å². The number of aryl methyl sites for hydroxylation is 1. The van der Waals surface area contributed by atoms with E-state index < -0.39 is 15.1 Å². The highest BCUT2D eigenvalue weighted by Gasteiger charge is 2.29. The third-order valence-electron chi connectivity index (χ3n) is 2.67. The maximum Gasteiger partial charge on any atom is 0.234 e. The summed E-state index contributed by atoms with van der Waals surface area (Å²) in [6, 6.07) is 8.26. The minimum absolute atomic E-state index is 0.135. The van der Waals surface area contributed by atoms with Gasteiger partial charge in [0.2, 0.25) is 11.8 Å². The molecule has 2 rings (SSSR count). The molecule has 0 aliphatic heterocycles. The molecule has 18 heavy (non-hydrogen) atoms. The summed E-state index contributed by atoms with van der Waals surface area (Å²) in [5, 5.41) is 6.72. The van der Waals surface area contributed by atoms with Gasteiger partial charge in [-0.15, -0.1) is 10.2 Å². The average molecular weight is 266 g/mol. The zero-order chi connectivity index (χ0) is 13.2. The summed E-state index contributed by atoms with van der Waals surface area (Å²) < 4.78 is 29.9. The molecular weight excluding hydrogens is 252 g/mol. The molecule has 1 heterocycles. The van der Waals surface area contributed by atoms with Crippen molar-refractivity contribution in [1.29, 1.82) is 0 Å². The first-order valence-corrected chi connectivity index (χ1v) is 7.21. The van der Waals surface area contributed by atoms with Crippen LogP contribution in [0.5, 0.6) is 0 Å². The Labute approximate surface area is 106 Å². The molecule has 0 fully saturated rings. The van der Waals surface area contributed by atoms with Gasteiger partial charge in [-0.2, -0.15) is 0 Å². The average Bonchev–Trinajstić information content (AvgIpc) is 2.87. The van der Waals surface area contributed by atoms with Gasteiger partial charge in [-0.05, 0) is 19.1 Å². The minimum atomic E-state index is -3.48. The topological polar surface area (TPSA) is 73.1 Å². The van der Waals surface area contributed by atoms with Gasteiger partial charge in [0, 0.05) is 6.42 Å². The van der Waals surface area contributed by atoms with Gasteiger partial charge < -0.3 is 4.42 Å². The molecule has 0 aliphatic rings. The molecule has 2 aromatic rings. The van der Waals surface area contributed by atoms with Gasteiger partial charge in [0.05, 0.1) is 4.90 Å². The molecule has 0 aliphatic carbocycles. The van der Waals surface area contributed by atoms with Gasteiger partial charge in [-0.25, -0.2) is 8.42 Å². The second-order valence-corrected chi connectivity index (χ2v) is 6.16. The first-order valence-electron chi connectivity index (χ1n) is 5.67. The van der Waals surface area contributed by atoms with Gasteiger partial charge in [-0.1, -0.05) is 25.1 Å². The molecule has 0 radical (unpaired) electrons. The summed E-state index contributed by atoms with van der Waals surface area (Å²) in [7, 11) is -3.48. The SMILES string of the molecule is CCc1nnc([C@@H](C)S(=O)(=O)c2ccccc2)o1. The van der Waals surface area contributed by atoms with Crippen LogP contribution in [0.4, 0.5) is 0 Å². The minimum Gasteiger partial charge on any atom is -0.424 e. The second-order valence-electron chi connectivity index (χ2n) is 3.89. The largest absolute Gasteiger partial charge is 0.424 e. The van der Waals surface area contributed by atoms with Crippen molar-refractivity contribution < 1.29 is 12.8 Å². The molecule has 1 aromatic carbocycles. The quantitative estimate of drug-likeness (QED) is 0.848. The van der Waals surface area contributed by atoms with E-state index in [-0.39, 0.29) is 10.8 Å². The van der Waals surface area contributed by atoms with Crippen LogP contribution in [0.15, 0.2) is 39.6 Å². The Bertz CT molecular complexity index is 620. The van der Waals surface area contributed by atoms with Crippen LogP contribution in [-0.4, -0.2) is 18.6 Å². The van der Waals surface area contributed by atoms with Crippen molar-refractivity contribution in [2.75, 3.05) is 0 Å². The van der Waals surface area contributed by atoms with E-state index in [0.717, 1.165) is 0 Å². The van der Waals surface area contributed by atoms with Crippen LogP contribution in [0, 0.1) is 0 Å². The smallest absolute Gasteiger partial charge is 0.234 e. The van der Waals surface area contributed by atoms with E-state index in [0.29, 0.717) is 12.3 Å². The Morgan fingerprint density at radius 1 is 1.22 bits per heavy atom. The summed E-state index contributed by atoms with van der Waals surface area (Å²) in [5.41, 5.74) is 0. The number of nitrogens with zero attached hydrogens (tertiary/aromatic N) is 2. The Kier molecular flexibility index (Phi) is 3.47. The fourth-order valence-electron chi connectivity index (χ4n) is 1.52. The van der Waals surface area contributed by atoms with E-state index in [2.05, 4.69) is 10.2 Å². The Hall–Kier alpha value is -1.69. The molecule has 0 amide bonds. The molecule has 1 atom stereocenters. The van der Waals surface area contributed by atoms with Crippen LogP contribution >= 0.6 is 0 Å². The molecule has 0 unspecified atom stereocenters. The maximum absolute atomic E-state index is 12.3. The normalized spacial score (nSPS) is 13.4. The van der Waals surface area contributed by atoms with Gasteiger partial charge in [0.1, 0.15) is 5.25 Å². The molecule has 0 spiro atoms. The fraction of sp³-hybridized carbons (Fsp3) is 0.333. The molecule has 0 saturated heterocycles.